The second-order valence-electron chi connectivity index (χ2n) is 4.33. The van der Waals surface area contributed by atoms with Crippen LogP contribution in [0.2, 0.25) is 0 Å². The van der Waals surface area contributed by atoms with E-state index < -0.39 is 11.8 Å². The molecule has 2 aromatic carbocycles. The highest BCUT2D eigenvalue weighted by Gasteiger charge is 2.07. The van der Waals surface area contributed by atoms with E-state index in [9.17, 15) is 9.18 Å². The number of anilines is 2. The molecule has 0 fully saturated rings. The molecule has 0 heterocycles. The summed E-state index contributed by atoms with van der Waals surface area (Å²) in [5.41, 5.74) is 6.75. The van der Waals surface area contributed by atoms with Crippen molar-refractivity contribution in [3.05, 3.63) is 53.8 Å². The molecule has 0 bridgehead atoms. The van der Waals surface area contributed by atoms with Gasteiger partial charge in [0.2, 0.25) is 0 Å². The number of hydrogen-bond acceptors (Lipinski definition) is 3. The predicted molar refractivity (Wildman–Crippen MR) is 79.9 cm³/mol. The third-order valence-corrected chi connectivity index (χ3v) is 2.87. The zero-order chi connectivity index (χ0) is 15.2. The van der Waals surface area contributed by atoms with E-state index in [0.717, 1.165) is 0 Å². The molecule has 0 aliphatic rings. The van der Waals surface area contributed by atoms with Crippen molar-refractivity contribution in [2.24, 2.45) is 5.73 Å². The van der Waals surface area contributed by atoms with Gasteiger partial charge in [0.1, 0.15) is 11.6 Å². The summed E-state index contributed by atoms with van der Waals surface area (Å²) in [6, 6.07) is 10.7. The van der Waals surface area contributed by atoms with Crippen LogP contribution in [0.5, 0.6) is 5.75 Å². The molecule has 0 aliphatic carbocycles. The van der Waals surface area contributed by atoms with Gasteiger partial charge in [-0.05, 0) is 42.0 Å². The first-order chi connectivity index (χ1) is 10.1. The Hall–Kier alpha value is -2.60. The molecule has 5 nitrogen and oxygen atoms in total. The fraction of sp³-hybridized carbons (Fsp3) is 0.133. The van der Waals surface area contributed by atoms with Crippen molar-refractivity contribution in [3.8, 4) is 5.75 Å². The summed E-state index contributed by atoms with van der Waals surface area (Å²) in [6.45, 7) is 0.245. The summed E-state index contributed by atoms with van der Waals surface area (Å²) in [7, 11) is 1.56. The van der Waals surface area contributed by atoms with Gasteiger partial charge < -0.3 is 21.1 Å². The number of hydrogen-bond donors (Lipinski definition) is 3. The molecule has 0 radical (unpaired) electrons. The number of amides is 2. The van der Waals surface area contributed by atoms with E-state index in [1.165, 1.54) is 12.1 Å². The third-order valence-electron chi connectivity index (χ3n) is 2.87. The number of methoxy groups -OCH3 is 1. The summed E-state index contributed by atoms with van der Waals surface area (Å²) in [6.07, 6.45) is 0. The molecule has 0 atom stereocenters. The number of urea groups is 1. The zero-order valence-electron chi connectivity index (χ0n) is 11.5. The largest absolute Gasteiger partial charge is 0.497 e. The Morgan fingerprint density at radius 2 is 1.90 bits per heavy atom. The van der Waals surface area contributed by atoms with Crippen LogP contribution < -0.4 is 21.1 Å². The second-order valence-corrected chi connectivity index (χ2v) is 4.33. The Kier molecular flexibility index (Phi) is 4.73. The molecular formula is C15H16FN3O2. The summed E-state index contributed by atoms with van der Waals surface area (Å²) in [5, 5.41) is 5.04. The molecule has 0 spiro atoms. The lowest BCUT2D eigenvalue weighted by Crippen LogP contribution is -2.20. The van der Waals surface area contributed by atoms with Crippen molar-refractivity contribution in [2.75, 3.05) is 17.7 Å². The average Bonchev–Trinajstić information content (AvgIpc) is 2.50. The molecule has 2 rings (SSSR count). The number of ether oxygens (including phenoxy) is 1. The van der Waals surface area contributed by atoms with Crippen molar-refractivity contribution in [3.63, 3.8) is 0 Å². The first-order valence-electron chi connectivity index (χ1n) is 6.33. The summed E-state index contributed by atoms with van der Waals surface area (Å²) >= 11 is 0. The molecule has 110 valence electrons. The van der Waals surface area contributed by atoms with Gasteiger partial charge in [-0.1, -0.05) is 6.07 Å². The number of carbonyl (C=O) groups excluding carboxylic acids is 1. The lowest BCUT2D eigenvalue weighted by atomic mass is 10.2. The third kappa shape index (κ3) is 3.93. The van der Waals surface area contributed by atoms with Gasteiger partial charge in [-0.2, -0.15) is 0 Å². The van der Waals surface area contributed by atoms with E-state index in [0.29, 0.717) is 17.0 Å². The maximum Gasteiger partial charge on any atom is 0.323 e. The van der Waals surface area contributed by atoms with E-state index in [4.69, 9.17) is 10.5 Å². The minimum atomic E-state index is -0.528. The van der Waals surface area contributed by atoms with Gasteiger partial charge in [0.25, 0.3) is 0 Å². The summed E-state index contributed by atoms with van der Waals surface area (Å²) in [5.74, 6) is 0.159. The van der Waals surface area contributed by atoms with Gasteiger partial charge >= 0.3 is 6.03 Å². The fourth-order valence-electron chi connectivity index (χ4n) is 1.75. The highest BCUT2D eigenvalue weighted by Crippen LogP contribution is 2.17. The Morgan fingerprint density at radius 1 is 1.19 bits per heavy atom. The molecule has 0 unspecified atom stereocenters. The van der Waals surface area contributed by atoms with Crippen molar-refractivity contribution in [1.29, 1.82) is 0 Å². The molecular weight excluding hydrogens is 273 g/mol. The van der Waals surface area contributed by atoms with Crippen LogP contribution in [0.25, 0.3) is 0 Å². The van der Waals surface area contributed by atoms with Gasteiger partial charge in [0.15, 0.2) is 0 Å². The number of nitrogens with one attached hydrogen (secondary N) is 2. The minimum Gasteiger partial charge on any atom is -0.497 e. The molecule has 0 aromatic heterocycles. The molecule has 21 heavy (non-hydrogen) atoms. The number of rotatable bonds is 4. The molecule has 0 saturated carbocycles. The topological polar surface area (TPSA) is 76.4 Å². The van der Waals surface area contributed by atoms with Gasteiger partial charge in [0.05, 0.1) is 12.8 Å². The predicted octanol–water partition coefficient (Wildman–Crippen LogP) is 2.94. The van der Waals surface area contributed by atoms with Crippen LogP contribution in [0.15, 0.2) is 42.5 Å². The lowest BCUT2D eigenvalue weighted by molar-refractivity contribution is 0.262. The van der Waals surface area contributed by atoms with Crippen LogP contribution in [0.3, 0.4) is 0 Å². The van der Waals surface area contributed by atoms with Crippen LogP contribution in [0, 0.1) is 5.82 Å². The highest BCUT2D eigenvalue weighted by atomic mass is 19.1. The number of nitrogens with two attached hydrogens (primary N) is 1. The maximum absolute atomic E-state index is 13.7. The van der Waals surface area contributed by atoms with Gasteiger partial charge in [-0.15, -0.1) is 0 Å². The molecule has 2 aromatic rings. The van der Waals surface area contributed by atoms with Crippen LogP contribution in [-0.4, -0.2) is 13.1 Å². The van der Waals surface area contributed by atoms with Crippen molar-refractivity contribution in [2.45, 2.75) is 6.54 Å². The Bertz CT molecular complexity index is 629. The lowest BCUT2D eigenvalue weighted by Gasteiger charge is -2.09. The number of halogens is 1. The van der Waals surface area contributed by atoms with Gasteiger partial charge in [0, 0.05) is 12.2 Å². The molecule has 6 heteroatoms. The number of carbonyl (C=O) groups is 1. The van der Waals surface area contributed by atoms with Crippen LogP contribution >= 0.6 is 0 Å². The monoisotopic (exact) mass is 289 g/mol. The van der Waals surface area contributed by atoms with E-state index in [2.05, 4.69) is 10.6 Å². The van der Waals surface area contributed by atoms with E-state index in [1.54, 1.807) is 37.4 Å². The normalized spacial score (nSPS) is 10.0. The summed E-state index contributed by atoms with van der Waals surface area (Å²) < 4.78 is 18.7. The standard InChI is InChI=1S/C15H16FN3O2/c1-21-12-5-3-11(4-6-12)18-15(20)19-14-7-2-10(9-17)8-13(14)16/h2-8H,9,17H2,1H3,(H2,18,19,20). The minimum absolute atomic E-state index is 0.0956. The van der Waals surface area contributed by atoms with Crippen molar-refractivity contribution >= 4 is 17.4 Å². The molecule has 2 amide bonds. The quantitative estimate of drug-likeness (QED) is 0.810. The average molecular weight is 289 g/mol. The Labute approximate surface area is 121 Å². The maximum atomic E-state index is 13.7. The van der Waals surface area contributed by atoms with E-state index in [1.807, 2.05) is 0 Å². The van der Waals surface area contributed by atoms with Gasteiger partial charge in [-0.25, -0.2) is 9.18 Å². The Morgan fingerprint density at radius 3 is 2.48 bits per heavy atom. The smallest absolute Gasteiger partial charge is 0.323 e. The van der Waals surface area contributed by atoms with Crippen molar-refractivity contribution in [1.82, 2.24) is 0 Å². The van der Waals surface area contributed by atoms with Crippen molar-refractivity contribution < 1.29 is 13.9 Å². The van der Waals surface area contributed by atoms with Crippen LogP contribution in [0.4, 0.5) is 20.6 Å². The van der Waals surface area contributed by atoms with E-state index in [-0.39, 0.29) is 12.2 Å². The highest BCUT2D eigenvalue weighted by molar-refractivity contribution is 5.99. The summed E-state index contributed by atoms with van der Waals surface area (Å²) in [4.78, 5) is 11.8. The number of benzene rings is 2. The second kappa shape index (κ2) is 6.71. The first kappa shape index (κ1) is 14.8. The van der Waals surface area contributed by atoms with Gasteiger partial charge in [-0.3, -0.25) is 0 Å². The van der Waals surface area contributed by atoms with E-state index >= 15 is 0 Å². The zero-order valence-corrected chi connectivity index (χ0v) is 11.5. The molecule has 4 N–H and O–H groups in total. The first-order valence-corrected chi connectivity index (χ1v) is 6.33. The molecule has 0 aliphatic heterocycles. The van der Waals surface area contributed by atoms with Crippen LogP contribution in [-0.2, 0) is 6.54 Å². The molecule has 0 saturated heterocycles. The van der Waals surface area contributed by atoms with Crippen LogP contribution in [0.1, 0.15) is 5.56 Å². The fourth-order valence-corrected chi connectivity index (χ4v) is 1.75. The Balaban J connectivity index is 2.00. The SMILES string of the molecule is COc1ccc(NC(=O)Nc2ccc(CN)cc2F)cc1.